The van der Waals surface area contributed by atoms with Crippen LogP contribution in [0.25, 0.3) is 10.2 Å². The predicted octanol–water partition coefficient (Wildman–Crippen LogP) is 4.58. The molecule has 0 saturated heterocycles. The van der Waals surface area contributed by atoms with Gasteiger partial charge in [-0.2, -0.15) is 4.99 Å². The molecule has 3 aromatic carbocycles. The maximum atomic E-state index is 13.1. The molecule has 11 heteroatoms. The predicted molar refractivity (Wildman–Crippen MR) is 135 cm³/mol. The van der Waals surface area contributed by atoms with Gasteiger partial charge >= 0.3 is 5.97 Å². The minimum atomic E-state index is -3.91. The van der Waals surface area contributed by atoms with Crippen molar-refractivity contribution >= 4 is 49.1 Å². The number of fused-ring (bicyclic) bond motifs is 1. The number of sulfonamides is 1. The molecular weight excluding hydrogens is 505 g/mol. The van der Waals surface area contributed by atoms with Crippen LogP contribution in [-0.4, -0.2) is 31.5 Å². The fourth-order valence-corrected chi connectivity index (χ4v) is 5.66. The van der Waals surface area contributed by atoms with E-state index in [0.717, 1.165) is 34.5 Å². The van der Waals surface area contributed by atoms with Crippen molar-refractivity contribution in [1.29, 1.82) is 0 Å². The Balaban J connectivity index is 1.58. The van der Waals surface area contributed by atoms with Crippen molar-refractivity contribution in [3.05, 3.63) is 88.5 Å². The molecule has 0 aliphatic rings. The molecule has 1 aromatic heterocycles. The van der Waals surface area contributed by atoms with Gasteiger partial charge in [-0.25, -0.2) is 17.6 Å². The summed E-state index contributed by atoms with van der Waals surface area (Å²) in [7, 11) is -3.91. The summed E-state index contributed by atoms with van der Waals surface area (Å²) in [6, 6.07) is 15.5. The molecule has 1 N–H and O–H groups in total. The summed E-state index contributed by atoms with van der Waals surface area (Å²) < 4.78 is 48.2. The van der Waals surface area contributed by atoms with E-state index in [1.54, 1.807) is 25.1 Å². The number of ether oxygens (including phenoxy) is 1. The normalized spacial score (nSPS) is 12.0. The van der Waals surface area contributed by atoms with Crippen LogP contribution in [0.15, 0.2) is 76.6 Å². The third-order valence-electron chi connectivity index (χ3n) is 5.22. The Morgan fingerprint density at radius 3 is 2.31 bits per heavy atom. The van der Waals surface area contributed by atoms with Gasteiger partial charge in [0.05, 0.1) is 27.3 Å². The fourth-order valence-electron chi connectivity index (χ4n) is 3.47. The second-order valence-electron chi connectivity index (χ2n) is 7.59. The summed E-state index contributed by atoms with van der Waals surface area (Å²) in [5.74, 6) is -1.45. The van der Waals surface area contributed by atoms with E-state index < -0.39 is 27.7 Å². The van der Waals surface area contributed by atoms with Gasteiger partial charge in [-0.05, 0) is 80.6 Å². The molecule has 1 heterocycles. The molecule has 0 spiro atoms. The monoisotopic (exact) mass is 527 g/mol. The SMILES string of the molecule is CCOC(=O)c1ccc2c(c1)sc(=NC(=O)c1ccc(NS(=O)(=O)c3ccc(F)cc3)cc1)n2CC. The van der Waals surface area contributed by atoms with Gasteiger partial charge in [0.1, 0.15) is 5.82 Å². The van der Waals surface area contributed by atoms with E-state index in [1.165, 1.54) is 35.6 Å². The van der Waals surface area contributed by atoms with E-state index >= 15 is 0 Å². The number of halogens is 1. The Hall–Kier alpha value is -3.83. The molecule has 8 nitrogen and oxygen atoms in total. The summed E-state index contributed by atoms with van der Waals surface area (Å²) >= 11 is 1.28. The van der Waals surface area contributed by atoms with Crippen molar-refractivity contribution < 1.29 is 27.1 Å². The third-order valence-corrected chi connectivity index (χ3v) is 7.65. The molecule has 36 heavy (non-hydrogen) atoms. The van der Waals surface area contributed by atoms with Crippen LogP contribution >= 0.6 is 11.3 Å². The topological polar surface area (TPSA) is 107 Å². The van der Waals surface area contributed by atoms with Crippen molar-refractivity contribution in [1.82, 2.24) is 4.57 Å². The highest BCUT2D eigenvalue weighted by Crippen LogP contribution is 2.21. The van der Waals surface area contributed by atoms with Crippen molar-refractivity contribution in [2.24, 2.45) is 4.99 Å². The number of carbonyl (C=O) groups excluding carboxylic acids is 2. The number of esters is 1. The first-order valence-electron chi connectivity index (χ1n) is 11.0. The molecule has 0 radical (unpaired) electrons. The molecule has 0 fully saturated rings. The van der Waals surface area contributed by atoms with Crippen LogP contribution in [-0.2, 0) is 21.3 Å². The molecule has 0 aliphatic carbocycles. The first kappa shape index (κ1) is 25.3. The number of aryl methyl sites for hydroxylation is 1. The summed E-state index contributed by atoms with van der Waals surface area (Å²) in [4.78, 5) is 29.6. The van der Waals surface area contributed by atoms with Crippen LogP contribution in [0.3, 0.4) is 0 Å². The second kappa shape index (κ2) is 10.4. The first-order valence-corrected chi connectivity index (χ1v) is 13.3. The van der Waals surface area contributed by atoms with Crippen LogP contribution in [0.2, 0.25) is 0 Å². The second-order valence-corrected chi connectivity index (χ2v) is 10.3. The maximum Gasteiger partial charge on any atom is 0.338 e. The van der Waals surface area contributed by atoms with Crippen molar-refractivity contribution in [3.63, 3.8) is 0 Å². The Morgan fingerprint density at radius 1 is 1.00 bits per heavy atom. The first-order chi connectivity index (χ1) is 17.2. The maximum absolute atomic E-state index is 13.1. The molecule has 0 atom stereocenters. The van der Waals surface area contributed by atoms with E-state index in [0.29, 0.717) is 16.9 Å². The molecule has 4 rings (SSSR count). The lowest BCUT2D eigenvalue weighted by Gasteiger charge is -2.08. The zero-order valence-electron chi connectivity index (χ0n) is 19.4. The van der Waals surface area contributed by atoms with Gasteiger partial charge in [-0.15, -0.1) is 0 Å². The van der Waals surface area contributed by atoms with E-state index in [2.05, 4.69) is 9.71 Å². The number of benzene rings is 3. The Bertz CT molecular complexity index is 1610. The molecule has 0 saturated carbocycles. The zero-order valence-corrected chi connectivity index (χ0v) is 21.0. The van der Waals surface area contributed by atoms with Gasteiger partial charge in [-0.3, -0.25) is 9.52 Å². The van der Waals surface area contributed by atoms with E-state index in [1.807, 2.05) is 11.5 Å². The van der Waals surface area contributed by atoms with E-state index in [4.69, 9.17) is 4.74 Å². The average Bonchev–Trinajstić information content (AvgIpc) is 3.20. The molecule has 0 bridgehead atoms. The van der Waals surface area contributed by atoms with Gasteiger partial charge in [0.25, 0.3) is 15.9 Å². The number of nitrogens with one attached hydrogen (secondary N) is 1. The number of hydrogen-bond acceptors (Lipinski definition) is 6. The lowest BCUT2D eigenvalue weighted by atomic mass is 10.2. The molecule has 186 valence electrons. The molecule has 4 aromatic rings. The zero-order chi connectivity index (χ0) is 25.9. The lowest BCUT2D eigenvalue weighted by molar-refractivity contribution is 0.0526. The molecule has 0 aliphatic heterocycles. The van der Waals surface area contributed by atoms with Gasteiger partial charge < -0.3 is 9.30 Å². The number of aromatic nitrogens is 1. The van der Waals surface area contributed by atoms with Gasteiger partial charge in [-0.1, -0.05) is 11.3 Å². The number of hydrogen-bond donors (Lipinski definition) is 1. The number of carbonyl (C=O) groups is 2. The quantitative estimate of drug-likeness (QED) is 0.354. The third kappa shape index (κ3) is 5.37. The van der Waals surface area contributed by atoms with Crippen LogP contribution in [0.5, 0.6) is 0 Å². The van der Waals surface area contributed by atoms with Crippen molar-refractivity contribution in [3.8, 4) is 0 Å². The van der Waals surface area contributed by atoms with Crippen molar-refractivity contribution in [2.45, 2.75) is 25.3 Å². The number of amides is 1. The summed E-state index contributed by atoms with van der Waals surface area (Å²) in [5.41, 5.74) is 1.78. The highest BCUT2D eigenvalue weighted by Gasteiger charge is 2.15. The van der Waals surface area contributed by atoms with Crippen LogP contribution in [0.1, 0.15) is 34.6 Å². The van der Waals surface area contributed by atoms with Crippen LogP contribution in [0, 0.1) is 5.82 Å². The molecule has 1 amide bonds. The lowest BCUT2D eigenvalue weighted by Crippen LogP contribution is -2.16. The highest BCUT2D eigenvalue weighted by atomic mass is 32.2. The molecular formula is C25H22FN3O5S2. The van der Waals surface area contributed by atoms with Crippen LogP contribution in [0.4, 0.5) is 10.1 Å². The average molecular weight is 528 g/mol. The van der Waals surface area contributed by atoms with E-state index in [9.17, 15) is 22.4 Å². The molecule has 0 unspecified atom stereocenters. The van der Waals surface area contributed by atoms with E-state index in [-0.39, 0.29) is 22.8 Å². The number of nitrogens with zero attached hydrogens (tertiary/aromatic N) is 2. The number of thiazole rings is 1. The Kier molecular flexibility index (Phi) is 7.32. The smallest absolute Gasteiger partial charge is 0.338 e. The van der Waals surface area contributed by atoms with Crippen molar-refractivity contribution in [2.75, 3.05) is 11.3 Å². The van der Waals surface area contributed by atoms with Crippen LogP contribution < -0.4 is 9.52 Å². The van der Waals surface area contributed by atoms with Gasteiger partial charge in [0.15, 0.2) is 4.80 Å². The summed E-state index contributed by atoms with van der Waals surface area (Å²) in [6.07, 6.45) is 0. The minimum absolute atomic E-state index is 0.0842. The minimum Gasteiger partial charge on any atom is -0.462 e. The number of anilines is 1. The highest BCUT2D eigenvalue weighted by molar-refractivity contribution is 7.92. The standard InChI is InChI=1S/C25H22FN3O5S2/c1-3-29-21-14-7-17(24(31)34-4-2)15-22(21)35-25(29)27-23(30)16-5-10-19(11-6-16)28-36(32,33)20-12-8-18(26)9-13-20/h5-15,28H,3-4H2,1-2H3. The summed E-state index contributed by atoms with van der Waals surface area (Å²) in [6.45, 7) is 4.51. The fraction of sp³-hybridized carbons (Fsp3) is 0.160. The summed E-state index contributed by atoms with van der Waals surface area (Å²) in [5, 5.41) is 0. The van der Waals surface area contributed by atoms with Gasteiger partial charge in [0, 0.05) is 17.8 Å². The Labute approximate surface area is 210 Å². The van der Waals surface area contributed by atoms with Gasteiger partial charge in [0.2, 0.25) is 0 Å². The number of rotatable bonds is 7. The largest absolute Gasteiger partial charge is 0.462 e. The Morgan fingerprint density at radius 2 is 1.67 bits per heavy atom.